The minimum Gasteiger partial charge on any atom is -0.396 e. The lowest BCUT2D eigenvalue weighted by Crippen LogP contribution is -2.47. The van der Waals surface area contributed by atoms with E-state index in [2.05, 4.69) is 21.9 Å². The van der Waals surface area contributed by atoms with Crippen molar-refractivity contribution in [3.63, 3.8) is 0 Å². The Hall–Kier alpha value is -1.15. The molecule has 0 aromatic carbocycles. The third-order valence-corrected chi connectivity index (χ3v) is 5.81. The van der Waals surface area contributed by atoms with Gasteiger partial charge in [0.1, 0.15) is 6.54 Å². The molecule has 1 amide bonds. The van der Waals surface area contributed by atoms with Gasteiger partial charge in [-0.15, -0.1) is 0 Å². The largest absolute Gasteiger partial charge is 0.396 e. The normalized spacial score (nSPS) is 25.7. The van der Waals surface area contributed by atoms with Crippen molar-refractivity contribution in [3.8, 4) is 0 Å². The van der Waals surface area contributed by atoms with Crippen molar-refractivity contribution in [1.29, 1.82) is 0 Å². The van der Waals surface area contributed by atoms with E-state index in [4.69, 9.17) is 11.6 Å². The molecule has 2 saturated heterocycles. The van der Waals surface area contributed by atoms with Gasteiger partial charge in [0.2, 0.25) is 5.91 Å². The van der Waals surface area contributed by atoms with Gasteiger partial charge in [0.15, 0.2) is 0 Å². The van der Waals surface area contributed by atoms with Gasteiger partial charge < -0.3 is 19.8 Å². The molecule has 1 N–H and O–H groups in total. The molecule has 1 aromatic rings. The van der Waals surface area contributed by atoms with Crippen LogP contribution in [0.4, 0.5) is 0 Å². The highest BCUT2D eigenvalue weighted by Crippen LogP contribution is 2.25. The van der Waals surface area contributed by atoms with Crippen molar-refractivity contribution in [2.24, 2.45) is 11.8 Å². The smallest absolute Gasteiger partial charge is 0.244 e. The molecule has 0 bridgehead atoms. The van der Waals surface area contributed by atoms with Gasteiger partial charge in [-0.05, 0) is 19.9 Å². The fraction of sp³-hybridized carbons (Fsp3) is 0.765. The molecule has 2 aliphatic heterocycles. The minimum absolute atomic E-state index is 0.0403. The summed E-state index contributed by atoms with van der Waals surface area (Å²) < 4.78 is 1.60. The average molecular weight is 370 g/mol. The summed E-state index contributed by atoms with van der Waals surface area (Å²) in [6.07, 6.45) is 1.69. The number of aliphatic hydroxyl groups excluding tert-OH is 1. The SMILES string of the molecule is Cc1nn(CC(=O)N2C[C@@H](CN3CCN(C)CC3)[C@@H](CO)C2)cc1Cl. The van der Waals surface area contributed by atoms with Gasteiger partial charge in [-0.3, -0.25) is 9.48 Å². The first kappa shape index (κ1) is 18.6. The molecule has 0 saturated carbocycles. The molecule has 2 aliphatic rings. The van der Waals surface area contributed by atoms with Gasteiger partial charge in [-0.1, -0.05) is 11.6 Å². The topological polar surface area (TPSA) is 64.8 Å². The number of piperazine rings is 1. The molecule has 2 atom stereocenters. The predicted molar refractivity (Wildman–Crippen MR) is 96.6 cm³/mol. The molecule has 0 spiro atoms. The first-order valence-corrected chi connectivity index (χ1v) is 9.33. The maximum atomic E-state index is 12.6. The van der Waals surface area contributed by atoms with Gasteiger partial charge >= 0.3 is 0 Å². The molecule has 25 heavy (non-hydrogen) atoms. The Morgan fingerprint density at radius 2 is 1.96 bits per heavy atom. The summed E-state index contributed by atoms with van der Waals surface area (Å²) in [7, 11) is 2.15. The Balaban J connectivity index is 1.55. The van der Waals surface area contributed by atoms with Crippen LogP contribution in [0.3, 0.4) is 0 Å². The number of likely N-dealkylation sites (N-methyl/N-ethyl adjacent to an activating group) is 1. The number of rotatable bonds is 5. The molecule has 140 valence electrons. The first-order chi connectivity index (χ1) is 12.0. The van der Waals surface area contributed by atoms with Crippen molar-refractivity contribution in [1.82, 2.24) is 24.5 Å². The van der Waals surface area contributed by atoms with Crippen LogP contribution in [0.25, 0.3) is 0 Å². The second-order valence-corrected chi connectivity index (χ2v) is 7.77. The molecule has 1 aromatic heterocycles. The number of aromatic nitrogens is 2. The Labute approximate surface area is 154 Å². The van der Waals surface area contributed by atoms with Crippen LogP contribution in [0.5, 0.6) is 0 Å². The van der Waals surface area contributed by atoms with Crippen LogP contribution < -0.4 is 0 Å². The number of aryl methyl sites for hydroxylation is 1. The number of hydrogen-bond acceptors (Lipinski definition) is 5. The Bertz CT molecular complexity index is 580. The monoisotopic (exact) mass is 369 g/mol. The Kier molecular flexibility index (Phi) is 5.99. The van der Waals surface area contributed by atoms with E-state index in [-0.39, 0.29) is 25.0 Å². The van der Waals surface area contributed by atoms with E-state index in [0.717, 1.165) is 38.4 Å². The number of likely N-dealkylation sites (tertiary alicyclic amines) is 1. The van der Waals surface area contributed by atoms with Crippen LogP contribution in [0, 0.1) is 18.8 Å². The molecule has 0 aliphatic carbocycles. The third-order valence-electron chi connectivity index (χ3n) is 5.44. The van der Waals surface area contributed by atoms with Crippen LogP contribution in [0.15, 0.2) is 6.20 Å². The molecule has 3 rings (SSSR count). The molecule has 7 nitrogen and oxygen atoms in total. The summed E-state index contributed by atoms with van der Waals surface area (Å²) in [4.78, 5) is 19.3. The summed E-state index contributed by atoms with van der Waals surface area (Å²) in [5.74, 6) is 0.533. The van der Waals surface area contributed by atoms with E-state index < -0.39 is 0 Å². The molecular weight excluding hydrogens is 342 g/mol. The van der Waals surface area contributed by atoms with Crippen molar-refractivity contribution in [3.05, 3.63) is 16.9 Å². The number of carbonyl (C=O) groups is 1. The van der Waals surface area contributed by atoms with Crippen molar-refractivity contribution < 1.29 is 9.90 Å². The van der Waals surface area contributed by atoms with Gasteiger partial charge in [-0.2, -0.15) is 5.10 Å². The zero-order valence-corrected chi connectivity index (χ0v) is 15.8. The Morgan fingerprint density at radius 1 is 1.28 bits per heavy atom. The fourth-order valence-corrected chi connectivity index (χ4v) is 3.88. The highest BCUT2D eigenvalue weighted by Gasteiger charge is 2.36. The molecule has 3 heterocycles. The summed E-state index contributed by atoms with van der Waals surface area (Å²) in [5.41, 5.74) is 0.733. The Morgan fingerprint density at radius 3 is 2.56 bits per heavy atom. The van der Waals surface area contributed by atoms with Crippen molar-refractivity contribution in [2.45, 2.75) is 13.5 Å². The van der Waals surface area contributed by atoms with Gasteiger partial charge in [0.05, 0.1) is 10.7 Å². The lowest BCUT2D eigenvalue weighted by atomic mass is 9.96. The van der Waals surface area contributed by atoms with E-state index in [0.29, 0.717) is 24.0 Å². The highest BCUT2D eigenvalue weighted by molar-refractivity contribution is 6.31. The molecule has 2 fully saturated rings. The van der Waals surface area contributed by atoms with E-state index >= 15 is 0 Å². The van der Waals surface area contributed by atoms with Crippen LogP contribution in [-0.4, -0.2) is 95.0 Å². The second-order valence-electron chi connectivity index (χ2n) is 7.37. The maximum Gasteiger partial charge on any atom is 0.244 e. The number of halogens is 1. The fourth-order valence-electron chi connectivity index (χ4n) is 3.73. The number of carbonyl (C=O) groups excluding carboxylic acids is 1. The molecular formula is C17H28ClN5O2. The minimum atomic E-state index is 0.0403. The second kappa shape index (κ2) is 8.03. The van der Waals surface area contributed by atoms with E-state index in [9.17, 15) is 9.90 Å². The number of aliphatic hydroxyl groups is 1. The molecule has 0 radical (unpaired) electrons. The lowest BCUT2D eigenvalue weighted by molar-refractivity contribution is -0.131. The summed E-state index contributed by atoms with van der Waals surface area (Å²) in [6, 6.07) is 0. The van der Waals surface area contributed by atoms with Crippen LogP contribution >= 0.6 is 11.6 Å². The van der Waals surface area contributed by atoms with Crippen LogP contribution in [-0.2, 0) is 11.3 Å². The van der Waals surface area contributed by atoms with E-state index in [1.165, 1.54) is 0 Å². The zero-order valence-electron chi connectivity index (χ0n) is 15.1. The standard InChI is InChI=1S/C17H28ClN5O2/c1-13-16(18)10-23(19-13)11-17(25)22-8-14(15(9-22)12-24)7-21-5-3-20(2)4-6-21/h10,14-15,24H,3-9,11-12H2,1-2H3/t14-,15-/m1/s1. The van der Waals surface area contributed by atoms with Crippen LogP contribution in [0.2, 0.25) is 5.02 Å². The number of nitrogens with zero attached hydrogens (tertiary/aromatic N) is 5. The molecule has 8 heteroatoms. The average Bonchev–Trinajstić information content (AvgIpc) is 3.13. The highest BCUT2D eigenvalue weighted by atomic mass is 35.5. The summed E-state index contributed by atoms with van der Waals surface area (Å²) >= 11 is 6.01. The van der Waals surface area contributed by atoms with E-state index in [1.807, 2.05) is 11.8 Å². The molecule has 0 unspecified atom stereocenters. The van der Waals surface area contributed by atoms with Gasteiger partial charge in [0.25, 0.3) is 0 Å². The summed E-state index contributed by atoms with van der Waals surface area (Å²) in [5, 5.41) is 14.6. The number of hydrogen-bond donors (Lipinski definition) is 1. The quantitative estimate of drug-likeness (QED) is 0.801. The lowest BCUT2D eigenvalue weighted by Gasteiger charge is -2.34. The third kappa shape index (κ3) is 4.53. The predicted octanol–water partition coefficient (Wildman–Crippen LogP) is 0.159. The van der Waals surface area contributed by atoms with Gasteiger partial charge in [0, 0.05) is 64.5 Å². The zero-order chi connectivity index (χ0) is 18.0. The van der Waals surface area contributed by atoms with Gasteiger partial charge in [-0.25, -0.2) is 0 Å². The van der Waals surface area contributed by atoms with Crippen LogP contribution in [0.1, 0.15) is 5.69 Å². The number of amides is 1. The first-order valence-electron chi connectivity index (χ1n) is 8.95. The van der Waals surface area contributed by atoms with E-state index in [1.54, 1.807) is 10.9 Å². The van der Waals surface area contributed by atoms with Crippen molar-refractivity contribution >= 4 is 17.5 Å². The maximum absolute atomic E-state index is 12.6. The summed E-state index contributed by atoms with van der Waals surface area (Å²) in [6.45, 7) is 8.74. The van der Waals surface area contributed by atoms with Crippen molar-refractivity contribution in [2.75, 3.05) is 59.5 Å².